The highest BCUT2D eigenvalue weighted by Gasteiger charge is 2.37. The van der Waals surface area contributed by atoms with E-state index in [0.717, 1.165) is 5.75 Å². The van der Waals surface area contributed by atoms with Crippen molar-refractivity contribution in [2.24, 2.45) is 0 Å². The summed E-state index contributed by atoms with van der Waals surface area (Å²) in [5.41, 5.74) is 2.09. The summed E-state index contributed by atoms with van der Waals surface area (Å²) in [6, 6.07) is 5.98. The average molecular weight is 275 g/mol. The molecule has 1 aromatic carbocycles. The van der Waals surface area contributed by atoms with Gasteiger partial charge in [0.1, 0.15) is 5.75 Å². The van der Waals surface area contributed by atoms with Crippen LogP contribution in [0.4, 0.5) is 0 Å². The topological polar surface area (TPSA) is 38.8 Å². The number of ether oxygens (including phenoxy) is 2. The Morgan fingerprint density at radius 2 is 2.20 bits per heavy atom. The third-order valence-electron chi connectivity index (χ3n) is 4.04. The molecule has 1 saturated heterocycles. The van der Waals surface area contributed by atoms with Gasteiger partial charge < -0.3 is 14.4 Å². The largest absolute Gasteiger partial charge is 0.480 e. The number of hydrogen-bond acceptors (Lipinski definition) is 3. The summed E-state index contributed by atoms with van der Waals surface area (Å²) in [4.78, 5) is 14.5. The standard InChI is InChI=1S/C16H21NO3/c1-11-5-4-6-13-12(11)9-14(20-13)15(18)17-7-8-19-16(2,3)10-17/h4-6,14H,7-10H2,1-3H3/t14-/m1/s1. The minimum absolute atomic E-state index is 0.0805. The highest BCUT2D eigenvalue weighted by molar-refractivity contribution is 5.83. The maximum Gasteiger partial charge on any atom is 0.264 e. The van der Waals surface area contributed by atoms with E-state index in [2.05, 4.69) is 13.0 Å². The van der Waals surface area contributed by atoms with Gasteiger partial charge in [-0.05, 0) is 32.4 Å². The molecule has 1 aromatic rings. The Bertz CT molecular complexity index is 539. The molecule has 108 valence electrons. The van der Waals surface area contributed by atoms with Crippen LogP contribution in [-0.2, 0) is 16.0 Å². The molecular formula is C16H21NO3. The lowest BCUT2D eigenvalue weighted by Gasteiger charge is -2.38. The molecule has 2 aliphatic heterocycles. The van der Waals surface area contributed by atoms with Crippen LogP contribution in [0.5, 0.6) is 5.75 Å². The number of rotatable bonds is 1. The summed E-state index contributed by atoms with van der Waals surface area (Å²) in [6.07, 6.45) is 0.304. The van der Waals surface area contributed by atoms with Crippen molar-refractivity contribution in [1.82, 2.24) is 4.90 Å². The molecule has 2 heterocycles. The molecule has 0 N–H and O–H groups in total. The summed E-state index contributed by atoms with van der Waals surface area (Å²) < 4.78 is 11.5. The van der Waals surface area contributed by atoms with Gasteiger partial charge in [0, 0.05) is 25.1 Å². The van der Waals surface area contributed by atoms with Crippen molar-refractivity contribution in [2.45, 2.75) is 38.9 Å². The van der Waals surface area contributed by atoms with E-state index >= 15 is 0 Å². The smallest absolute Gasteiger partial charge is 0.264 e. The quantitative estimate of drug-likeness (QED) is 0.786. The molecule has 1 atom stereocenters. The number of aryl methyl sites for hydroxylation is 1. The SMILES string of the molecule is Cc1cccc2c1C[C@H](C(=O)N1CCOC(C)(C)C1)O2. The molecule has 3 rings (SSSR count). The first-order valence-corrected chi connectivity index (χ1v) is 7.14. The molecule has 0 unspecified atom stereocenters. The van der Waals surface area contributed by atoms with Crippen LogP contribution < -0.4 is 4.74 Å². The summed E-state index contributed by atoms with van der Waals surface area (Å²) in [6.45, 7) is 7.96. The van der Waals surface area contributed by atoms with Crippen molar-refractivity contribution >= 4 is 5.91 Å². The molecule has 0 radical (unpaired) electrons. The number of benzene rings is 1. The van der Waals surface area contributed by atoms with Crippen molar-refractivity contribution in [1.29, 1.82) is 0 Å². The lowest BCUT2D eigenvalue weighted by atomic mass is 10.0. The molecule has 2 aliphatic rings. The van der Waals surface area contributed by atoms with E-state index in [1.165, 1.54) is 11.1 Å². The Balaban J connectivity index is 1.73. The molecule has 0 aliphatic carbocycles. The van der Waals surface area contributed by atoms with Crippen LogP contribution >= 0.6 is 0 Å². The Kier molecular flexibility index (Phi) is 3.21. The lowest BCUT2D eigenvalue weighted by Crippen LogP contribution is -2.53. The number of carbonyl (C=O) groups is 1. The minimum Gasteiger partial charge on any atom is -0.480 e. The number of carbonyl (C=O) groups excluding carboxylic acids is 1. The van der Waals surface area contributed by atoms with E-state index in [0.29, 0.717) is 26.1 Å². The molecular weight excluding hydrogens is 254 g/mol. The number of morpholine rings is 1. The fourth-order valence-electron chi connectivity index (χ4n) is 2.97. The molecule has 1 fully saturated rings. The van der Waals surface area contributed by atoms with Crippen molar-refractivity contribution in [3.05, 3.63) is 29.3 Å². The van der Waals surface area contributed by atoms with E-state index in [9.17, 15) is 4.79 Å². The van der Waals surface area contributed by atoms with Gasteiger partial charge in [0.25, 0.3) is 5.91 Å². The molecule has 0 saturated carbocycles. The second-order valence-electron chi connectivity index (χ2n) is 6.23. The predicted octanol–water partition coefficient (Wildman–Crippen LogP) is 1.94. The normalized spacial score (nSPS) is 24.1. The van der Waals surface area contributed by atoms with Gasteiger partial charge >= 0.3 is 0 Å². The van der Waals surface area contributed by atoms with Crippen LogP contribution in [0.3, 0.4) is 0 Å². The molecule has 20 heavy (non-hydrogen) atoms. The highest BCUT2D eigenvalue weighted by Crippen LogP contribution is 2.32. The first-order valence-electron chi connectivity index (χ1n) is 7.14. The van der Waals surface area contributed by atoms with E-state index in [4.69, 9.17) is 9.47 Å². The van der Waals surface area contributed by atoms with Gasteiger partial charge in [-0.3, -0.25) is 4.79 Å². The number of fused-ring (bicyclic) bond motifs is 1. The third-order valence-corrected chi connectivity index (χ3v) is 4.04. The highest BCUT2D eigenvalue weighted by atomic mass is 16.5. The number of amides is 1. The van der Waals surface area contributed by atoms with Crippen molar-refractivity contribution in [2.75, 3.05) is 19.7 Å². The van der Waals surface area contributed by atoms with E-state index in [-0.39, 0.29) is 17.6 Å². The Morgan fingerprint density at radius 1 is 1.40 bits per heavy atom. The second kappa shape index (κ2) is 4.77. The molecule has 0 aromatic heterocycles. The summed E-state index contributed by atoms with van der Waals surface area (Å²) >= 11 is 0. The van der Waals surface area contributed by atoms with Crippen molar-refractivity contribution in [3.63, 3.8) is 0 Å². The van der Waals surface area contributed by atoms with Gasteiger partial charge in [-0.25, -0.2) is 0 Å². The second-order valence-corrected chi connectivity index (χ2v) is 6.23. The van der Waals surface area contributed by atoms with Crippen LogP contribution in [-0.4, -0.2) is 42.2 Å². The molecule has 0 bridgehead atoms. The third kappa shape index (κ3) is 2.40. The minimum atomic E-state index is -0.375. The maximum atomic E-state index is 12.6. The molecule has 0 spiro atoms. The lowest BCUT2D eigenvalue weighted by molar-refractivity contribution is -0.152. The predicted molar refractivity (Wildman–Crippen MR) is 75.9 cm³/mol. The Hall–Kier alpha value is -1.55. The first-order chi connectivity index (χ1) is 9.46. The van der Waals surface area contributed by atoms with Crippen LogP contribution in [0.1, 0.15) is 25.0 Å². The van der Waals surface area contributed by atoms with Gasteiger partial charge in [-0.15, -0.1) is 0 Å². The van der Waals surface area contributed by atoms with Gasteiger partial charge in [0.2, 0.25) is 0 Å². The zero-order chi connectivity index (χ0) is 14.3. The zero-order valence-electron chi connectivity index (χ0n) is 12.3. The van der Waals surface area contributed by atoms with E-state index in [1.807, 2.05) is 30.9 Å². The average Bonchev–Trinajstić information content (AvgIpc) is 2.82. The zero-order valence-corrected chi connectivity index (χ0v) is 12.3. The number of nitrogens with zero attached hydrogens (tertiary/aromatic N) is 1. The van der Waals surface area contributed by atoms with Gasteiger partial charge in [0.05, 0.1) is 12.2 Å². The fraction of sp³-hybridized carbons (Fsp3) is 0.562. The first kappa shape index (κ1) is 13.4. The summed E-state index contributed by atoms with van der Waals surface area (Å²) in [5.74, 6) is 0.938. The van der Waals surface area contributed by atoms with E-state index < -0.39 is 0 Å². The Morgan fingerprint density at radius 3 is 2.90 bits per heavy atom. The summed E-state index contributed by atoms with van der Waals surface area (Å²) in [5, 5.41) is 0. The monoisotopic (exact) mass is 275 g/mol. The Labute approximate surface area is 119 Å². The van der Waals surface area contributed by atoms with Gasteiger partial charge in [0.15, 0.2) is 6.10 Å². The molecule has 4 heteroatoms. The van der Waals surface area contributed by atoms with Crippen molar-refractivity contribution in [3.8, 4) is 5.75 Å². The molecule has 1 amide bonds. The van der Waals surface area contributed by atoms with Crippen LogP contribution in [0.15, 0.2) is 18.2 Å². The van der Waals surface area contributed by atoms with Crippen LogP contribution in [0.25, 0.3) is 0 Å². The maximum absolute atomic E-state index is 12.6. The van der Waals surface area contributed by atoms with E-state index in [1.54, 1.807) is 0 Å². The van der Waals surface area contributed by atoms with Crippen molar-refractivity contribution < 1.29 is 14.3 Å². The van der Waals surface area contributed by atoms with Crippen LogP contribution in [0.2, 0.25) is 0 Å². The van der Waals surface area contributed by atoms with Gasteiger partial charge in [-0.2, -0.15) is 0 Å². The fourth-order valence-corrected chi connectivity index (χ4v) is 2.97. The van der Waals surface area contributed by atoms with Crippen LogP contribution in [0, 0.1) is 6.92 Å². The summed E-state index contributed by atoms with van der Waals surface area (Å²) in [7, 11) is 0. The molecule has 4 nitrogen and oxygen atoms in total. The van der Waals surface area contributed by atoms with Gasteiger partial charge in [-0.1, -0.05) is 12.1 Å². The number of hydrogen-bond donors (Lipinski definition) is 0.